The van der Waals surface area contributed by atoms with Crippen LogP contribution in [0.3, 0.4) is 0 Å². The molecule has 0 aromatic heterocycles. The highest BCUT2D eigenvalue weighted by Gasteiger charge is 2.67. The molecule has 294 valence electrons. The van der Waals surface area contributed by atoms with Crippen LogP contribution < -0.4 is 14.4 Å². The zero-order valence-corrected chi connectivity index (χ0v) is 33.7. The number of anilines is 1. The predicted molar refractivity (Wildman–Crippen MR) is 211 cm³/mol. The monoisotopic (exact) mass is 780 g/mol. The Labute approximate surface area is 326 Å². The Morgan fingerprint density at radius 1 is 1.00 bits per heavy atom. The summed E-state index contributed by atoms with van der Waals surface area (Å²) in [6.07, 6.45) is 8.67. The van der Waals surface area contributed by atoms with E-state index in [0.717, 1.165) is 87.7 Å². The van der Waals surface area contributed by atoms with Crippen LogP contribution in [0.4, 0.5) is 5.69 Å². The summed E-state index contributed by atoms with van der Waals surface area (Å²) in [5.74, 6) is 1.92. The Morgan fingerprint density at radius 3 is 2.61 bits per heavy atom. The highest BCUT2D eigenvalue weighted by molar-refractivity contribution is 7.90. The zero-order chi connectivity index (χ0) is 37.8. The van der Waals surface area contributed by atoms with Gasteiger partial charge < -0.3 is 24.2 Å². The van der Waals surface area contributed by atoms with E-state index in [0.29, 0.717) is 56.0 Å². The van der Waals surface area contributed by atoms with Crippen LogP contribution in [0.25, 0.3) is 0 Å². The van der Waals surface area contributed by atoms with Gasteiger partial charge in [0.1, 0.15) is 5.75 Å². The van der Waals surface area contributed by atoms with Gasteiger partial charge in [-0.25, -0.2) is 13.1 Å². The van der Waals surface area contributed by atoms with Gasteiger partial charge >= 0.3 is 0 Å². The summed E-state index contributed by atoms with van der Waals surface area (Å²) in [6, 6.07) is 11.7. The number of carbonyl (C=O) groups is 2. The lowest BCUT2D eigenvalue weighted by atomic mass is 9.34. The SMILES string of the molecule is COCCN1CCN(C[C@@H]2CCC[C@H](C)[C@@H](C)S(=O)(=O)NC(=O)c3ccc4c(c3)N(CC35CC(C3)[C@@H]25)C[C@@]2(CCCc3cc(Cl)ccc32)CO4)CCC1=O. The molecule has 2 aromatic rings. The van der Waals surface area contributed by atoms with Gasteiger partial charge in [-0.05, 0) is 122 Å². The van der Waals surface area contributed by atoms with E-state index in [1.807, 2.05) is 30.0 Å². The second kappa shape index (κ2) is 14.9. The molecule has 0 unspecified atom stereocenters. The zero-order valence-electron chi connectivity index (χ0n) is 32.2. The number of carbonyl (C=O) groups excluding carboxylic acids is 2. The van der Waals surface area contributed by atoms with Crippen LogP contribution in [-0.2, 0) is 31.4 Å². The van der Waals surface area contributed by atoms with Crippen LogP contribution in [0.15, 0.2) is 36.4 Å². The molecule has 10 nitrogen and oxygen atoms in total. The number of aryl methyl sites for hydroxylation is 1. The van der Waals surface area contributed by atoms with Crippen LogP contribution in [0.5, 0.6) is 5.75 Å². The lowest BCUT2D eigenvalue weighted by Crippen LogP contribution is -2.69. The van der Waals surface area contributed by atoms with Gasteiger partial charge in [-0.15, -0.1) is 0 Å². The molecule has 2 amide bonds. The first-order valence-electron chi connectivity index (χ1n) is 20.3. The number of nitrogens with one attached hydrogen (secondary N) is 1. The first-order valence-corrected chi connectivity index (χ1v) is 22.2. The van der Waals surface area contributed by atoms with E-state index < -0.39 is 21.2 Å². The number of hydrogen-bond donors (Lipinski definition) is 1. The smallest absolute Gasteiger partial charge is 0.264 e. The maximum absolute atomic E-state index is 13.7. The Kier molecular flexibility index (Phi) is 10.5. The van der Waals surface area contributed by atoms with E-state index in [4.69, 9.17) is 21.1 Å². The highest BCUT2D eigenvalue weighted by atomic mass is 35.5. The van der Waals surface area contributed by atoms with Crippen molar-refractivity contribution in [1.82, 2.24) is 14.5 Å². The largest absolute Gasteiger partial charge is 0.490 e. The number of hydrogen-bond acceptors (Lipinski definition) is 8. The molecule has 2 spiro atoms. The normalized spacial score (nSPS) is 34.0. The molecule has 3 saturated carbocycles. The first-order chi connectivity index (χ1) is 25.9. The quantitative estimate of drug-likeness (QED) is 0.400. The van der Waals surface area contributed by atoms with E-state index in [-0.39, 0.29) is 22.7 Å². The molecular formula is C42H57ClN4O6S. The average Bonchev–Trinajstić information content (AvgIpc) is 3.38. The van der Waals surface area contributed by atoms with Crippen LogP contribution in [0.1, 0.15) is 86.7 Å². The number of methoxy groups -OCH3 is 1. The fourth-order valence-electron chi connectivity index (χ4n) is 11.2. The Morgan fingerprint density at radius 2 is 1.83 bits per heavy atom. The number of halogens is 1. The van der Waals surface area contributed by atoms with Crippen molar-refractivity contribution in [3.05, 3.63) is 58.1 Å². The van der Waals surface area contributed by atoms with Gasteiger partial charge in [-0.3, -0.25) is 9.59 Å². The average molecular weight is 781 g/mol. The van der Waals surface area contributed by atoms with E-state index in [9.17, 15) is 18.0 Å². The van der Waals surface area contributed by atoms with E-state index in [2.05, 4.69) is 26.7 Å². The predicted octanol–water partition coefficient (Wildman–Crippen LogP) is 5.90. The van der Waals surface area contributed by atoms with Crippen molar-refractivity contribution >= 4 is 39.1 Å². The number of fused-ring (bicyclic) bond motifs is 3. The Hall–Kier alpha value is -2.86. The Bertz CT molecular complexity index is 1870. The summed E-state index contributed by atoms with van der Waals surface area (Å²) in [5, 5.41) is 0.0357. The maximum Gasteiger partial charge on any atom is 0.264 e. The van der Waals surface area contributed by atoms with Gasteiger partial charge in [0.25, 0.3) is 5.91 Å². The minimum Gasteiger partial charge on any atom is -0.490 e. The number of benzene rings is 2. The molecule has 1 saturated heterocycles. The van der Waals surface area contributed by atoms with Crippen molar-refractivity contribution < 1.29 is 27.5 Å². The molecule has 0 radical (unpaired) electrons. The molecule has 3 aliphatic heterocycles. The molecule has 12 heteroatoms. The van der Waals surface area contributed by atoms with Crippen molar-refractivity contribution in [3.63, 3.8) is 0 Å². The summed E-state index contributed by atoms with van der Waals surface area (Å²) in [7, 11) is -2.24. The molecular weight excluding hydrogens is 724 g/mol. The van der Waals surface area contributed by atoms with Crippen LogP contribution in [-0.4, -0.2) is 101 Å². The standard InChI is InChI=1S/C42H57ClN4O6S/c1-28-6-4-7-32(24-45-15-13-38(48)46(17-16-45)18-19-52-3)39-33-22-42(39,23-33)26-47-25-41(14-5-8-30-20-34(43)10-11-35(30)41)27-53-37-12-9-31(21-36(37)47)40(49)44-54(50,51)29(28)2/h9-12,20-21,28-29,32-33,39H,4-8,13-19,22-27H2,1-3H3,(H,44,49)/t28-,29+,32-,33?,39+,41-,42?/m0/s1. The van der Waals surface area contributed by atoms with Gasteiger partial charge in [-0.1, -0.05) is 31.0 Å². The first kappa shape index (κ1) is 38.0. The van der Waals surface area contributed by atoms with Gasteiger partial charge in [0.2, 0.25) is 15.9 Å². The topological polar surface area (TPSA) is 108 Å². The molecule has 3 heterocycles. The van der Waals surface area contributed by atoms with Crippen LogP contribution in [0, 0.1) is 29.1 Å². The minimum absolute atomic E-state index is 0.112. The second-order valence-electron chi connectivity index (χ2n) is 17.6. The fraction of sp³-hybridized carbons (Fsp3) is 0.667. The van der Waals surface area contributed by atoms with Crippen LogP contribution in [0.2, 0.25) is 5.02 Å². The summed E-state index contributed by atoms with van der Waals surface area (Å²) >= 11 is 6.52. The second-order valence-corrected chi connectivity index (χ2v) is 20.1. The molecule has 4 bridgehead atoms. The molecule has 9 rings (SSSR count). The summed E-state index contributed by atoms with van der Waals surface area (Å²) in [5.41, 5.74) is 3.68. The maximum atomic E-state index is 13.7. The fourth-order valence-corrected chi connectivity index (χ4v) is 12.7. The molecule has 4 aliphatic carbocycles. The third-order valence-corrected chi connectivity index (χ3v) is 16.5. The molecule has 54 heavy (non-hydrogen) atoms. The number of sulfonamides is 1. The number of nitrogens with zero attached hydrogens (tertiary/aromatic N) is 3. The van der Waals surface area contributed by atoms with Gasteiger partial charge in [0, 0.05) is 75.3 Å². The number of amides is 2. The lowest BCUT2D eigenvalue weighted by Gasteiger charge is -2.72. The van der Waals surface area contributed by atoms with Gasteiger partial charge in [-0.2, -0.15) is 0 Å². The van der Waals surface area contributed by atoms with E-state index >= 15 is 0 Å². The summed E-state index contributed by atoms with van der Waals surface area (Å²) in [4.78, 5) is 33.7. The molecule has 5 atom stereocenters. The molecule has 7 aliphatic rings. The van der Waals surface area contributed by atoms with E-state index in [1.165, 1.54) is 24.0 Å². The Balaban J connectivity index is 1.15. The highest BCUT2D eigenvalue weighted by Crippen LogP contribution is 2.72. The van der Waals surface area contributed by atoms with E-state index in [1.54, 1.807) is 20.1 Å². The molecule has 4 fully saturated rings. The van der Waals surface area contributed by atoms with Crippen molar-refractivity contribution in [2.45, 2.75) is 82.3 Å². The molecule has 1 N–H and O–H groups in total. The van der Waals surface area contributed by atoms with Crippen LogP contribution >= 0.6 is 11.6 Å². The van der Waals surface area contributed by atoms with Gasteiger partial charge in [0.15, 0.2) is 0 Å². The van der Waals surface area contributed by atoms with Crippen molar-refractivity contribution in [2.75, 3.05) is 71.0 Å². The number of rotatable bonds is 5. The van der Waals surface area contributed by atoms with Crippen molar-refractivity contribution in [3.8, 4) is 5.75 Å². The summed E-state index contributed by atoms with van der Waals surface area (Å²) in [6.45, 7) is 10.3. The van der Waals surface area contributed by atoms with Gasteiger partial charge in [0.05, 0.1) is 24.2 Å². The minimum atomic E-state index is -3.91. The van der Waals surface area contributed by atoms with Crippen molar-refractivity contribution in [2.24, 2.45) is 29.1 Å². The third-order valence-electron chi connectivity index (χ3n) is 14.4. The third kappa shape index (κ3) is 7.05. The van der Waals surface area contributed by atoms with Crippen molar-refractivity contribution in [1.29, 1.82) is 0 Å². The number of ether oxygens (including phenoxy) is 2. The lowest BCUT2D eigenvalue weighted by molar-refractivity contribution is -0.213. The summed E-state index contributed by atoms with van der Waals surface area (Å²) < 4.78 is 41.7. The molecule has 2 aromatic carbocycles.